The van der Waals surface area contributed by atoms with Gasteiger partial charge in [-0.2, -0.15) is 0 Å². The summed E-state index contributed by atoms with van der Waals surface area (Å²) in [6, 6.07) is 7.83. The van der Waals surface area contributed by atoms with E-state index < -0.39 is 0 Å². The van der Waals surface area contributed by atoms with Crippen molar-refractivity contribution in [2.75, 3.05) is 13.1 Å². The zero-order valence-electron chi connectivity index (χ0n) is 10.0. The molecule has 0 radical (unpaired) electrons. The number of halogens is 1. The van der Waals surface area contributed by atoms with Gasteiger partial charge in [-0.1, -0.05) is 12.1 Å². The average Bonchev–Trinajstić information content (AvgIpc) is 2.40. The second kappa shape index (κ2) is 5.98. The maximum Gasteiger partial charge on any atom is 0.233 e. The minimum atomic E-state index is 0. The highest BCUT2D eigenvalue weighted by molar-refractivity contribution is 5.85. The first-order chi connectivity index (χ1) is 8.42. The number of hydrogen-bond donors (Lipinski definition) is 1. The fourth-order valence-electron chi connectivity index (χ4n) is 2.09. The lowest BCUT2D eigenvalue weighted by Crippen LogP contribution is -2.37. The molecule has 1 fully saturated rings. The van der Waals surface area contributed by atoms with Gasteiger partial charge in [0.2, 0.25) is 5.88 Å². The molecule has 0 saturated carbocycles. The standard InChI is InChI=1S/C13H15N3O.ClH/c1-2-6-12-11(5-1)15-9-13(16-12)17-10-4-3-7-14-8-10;/h1-2,5-6,9-10,14H,3-4,7-8H2;1H/t10-;/m0./s1. The Morgan fingerprint density at radius 3 is 2.83 bits per heavy atom. The van der Waals surface area contributed by atoms with E-state index in [1.54, 1.807) is 6.20 Å². The predicted octanol–water partition coefficient (Wildman–Crippen LogP) is 2.18. The number of hydrogen-bond acceptors (Lipinski definition) is 4. The summed E-state index contributed by atoms with van der Waals surface area (Å²) in [5.74, 6) is 0.623. The lowest BCUT2D eigenvalue weighted by molar-refractivity contribution is 0.160. The molecule has 3 rings (SSSR count). The van der Waals surface area contributed by atoms with Crippen LogP contribution in [0.3, 0.4) is 0 Å². The second-order valence-electron chi connectivity index (χ2n) is 4.28. The highest BCUT2D eigenvalue weighted by Gasteiger charge is 2.15. The number of nitrogens with one attached hydrogen (secondary N) is 1. The molecule has 1 saturated heterocycles. The Kier molecular flexibility index (Phi) is 4.33. The molecule has 0 unspecified atom stereocenters. The molecule has 1 aliphatic heterocycles. The molecule has 0 bridgehead atoms. The van der Waals surface area contributed by atoms with Gasteiger partial charge in [0.1, 0.15) is 6.10 Å². The van der Waals surface area contributed by atoms with Gasteiger partial charge in [0, 0.05) is 6.54 Å². The van der Waals surface area contributed by atoms with Crippen molar-refractivity contribution in [1.82, 2.24) is 15.3 Å². The van der Waals surface area contributed by atoms with Crippen LogP contribution < -0.4 is 10.1 Å². The summed E-state index contributed by atoms with van der Waals surface area (Å²) in [7, 11) is 0. The molecule has 5 heteroatoms. The Hall–Kier alpha value is -1.39. The number of ether oxygens (including phenoxy) is 1. The zero-order valence-corrected chi connectivity index (χ0v) is 10.8. The van der Waals surface area contributed by atoms with E-state index in [2.05, 4.69) is 15.3 Å². The van der Waals surface area contributed by atoms with Crippen LogP contribution in [0.5, 0.6) is 5.88 Å². The van der Waals surface area contributed by atoms with E-state index in [0.717, 1.165) is 37.0 Å². The Labute approximate surface area is 112 Å². The van der Waals surface area contributed by atoms with Crippen molar-refractivity contribution in [2.45, 2.75) is 18.9 Å². The van der Waals surface area contributed by atoms with Crippen LogP contribution in [0.25, 0.3) is 11.0 Å². The summed E-state index contributed by atoms with van der Waals surface area (Å²) in [6.45, 7) is 1.98. The lowest BCUT2D eigenvalue weighted by atomic mass is 10.1. The van der Waals surface area contributed by atoms with Crippen molar-refractivity contribution >= 4 is 23.4 Å². The molecule has 2 heterocycles. The van der Waals surface area contributed by atoms with E-state index in [-0.39, 0.29) is 18.5 Å². The molecule has 1 aromatic carbocycles. The fourth-order valence-corrected chi connectivity index (χ4v) is 2.09. The Morgan fingerprint density at radius 1 is 1.22 bits per heavy atom. The van der Waals surface area contributed by atoms with Gasteiger partial charge in [0.15, 0.2) is 0 Å². The van der Waals surface area contributed by atoms with Crippen LogP contribution in [0, 0.1) is 0 Å². The van der Waals surface area contributed by atoms with Crippen molar-refractivity contribution in [3.63, 3.8) is 0 Å². The second-order valence-corrected chi connectivity index (χ2v) is 4.28. The van der Waals surface area contributed by atoms with Crippen LogP contribution in [0.15, 0.2) is 30.5 Å². The van der Waals surface area contributed by atoms with Crippen molar-refractivity contribution < 1.29 is 4.74 Å². The quantitative estimate of drug-likeness (QED) is 0.904. The van der Waals surface area contributed by atoms with E-state index >= 15 is 0 Å². The van der Waals surface area contributed by atoms with Crippen LogP contribution in [0.4, 0.5) is 0 Å². The third-order valence-electron chi connectivity index (χ3n) is 2.97. The molecule has 0 amide bonds. The van der Waals surface area contributed by atoms with Crippen LogP contribution in [-0.4, -0.2) is 29.2 Å². The Morgan fingerprint density at radius 2 is 2.06 bits per heavy atom. The van der Waals surface area contributed by atoms with E-state index in [9.17, 15) is 0 Å². The first kappa shape index (κ1) is 13.1. The summed E-state index contributed by atoms with van der Waals surface area (Å²) < 4.78 is 5.83. The van der Waals surface area contributed by atoms with Gasteiger partial charge < -0.3 is 10.1 Å². The van der Waals surface area contributed by atoms with Gasteiger partial charge in [-0.05, 0) is 31.5 Å². The smallest absolute Gasteiger partial charge is 0.233 e. The number of fused-ring (bicyclic) bond motifs is 1. The highest BCUT2D eigenvalue weighted by atomic mass is 35.5. The molecule has 1 aromatic heterocycles. The maximum absolute atomic E-state index is 5.83. The molecule has 1 atom stereocenters. The van der Waals surface area contributed by atoms with Crippen molar-refractivity contribution in [1.29, 1.82) is 0 Å². The van der Waals surface area contributed by atoms with E-state index in [4.69, 9.17) is 4.74 Å². The Balaban J connectivity index is 0.00000120. The molecule has 4 nitrogen and oxygen atoms in total. The van der Waals surface area contributed by atoms with Crippen LogP contribution in [0.1, 0.15) is 12.8 Å². The van der Waals surface area contributed by atoms with Gasteiger partial charge in [0.25, 0.3) is 0 Å². The summed E-state index contributed by atoms with van der Waals surface area (Å²) in [6.07, 6.45) is 4.17. The molecule has 1 aliphatic rings. The molecule has 0 aliphatic carbocycles. The largest absolute Gasteiger partial charge is 0.472 e. The highest BCUT2D eigenvalue weighted by Crippen LogP contribution is 2.16. The van der Waals surface area contributed by atoms with Gasteiger partial charge in [-0.25, -0.2) is 9.97 Å². The number of aromatic nitrogens is 2. The van der Waals surface area contributed by atoms with Crippen molar-refractivity contribution in [2.24, 2.45) is 0 Å². The minimum Gasteiger partial charge on any atom is -0.472 e. The number of benzene rings is 1. The van der Waals surface area contributed by atoms with Crippen LogP contribution in [0.2, 0.25) is 0 Å². The first-order valence-corrected chi connectivity index (χ1v) is 6.01. The molecule has 0 spiro atoms. The minimum absolute atomic E-state index is 0. The van der Waals surface area contributed by atoms with Gasteiger partial charge >= 0.3 is 0 Å². The van der Waals surface area contributed by atoms with E-state index in [1.807, 2.05) is 24.3 Å². The van der Waals surface area contributed by atoms with Gasteiger partial charge in [-0.15, -0.1) is 12.4 Å². The third-order valence-corrected chi connectivity index (χ3v) is 2.97. The molecule has 1 N–H and O–H groups in total. The third kappa shape index (κ3) is 2.89. The number of nitrogens with zero attached hydrogens (tertiary/aromatic N) is 2. The number of para-hydroxylation sites is 2. The molecular formula is C13H16ClN3O. The number of piperidine rings is 1. The van der Waals surface area contributed by atoms with Crippen LogP contribution >= 0.6 is 12.4 Å². The molecule has 96 valence electrons. The topological polar surface area (TPSA) is 47.0 Å². The first-order valence-electron chi connectivity index (χ1n) is 6.01. The summed E-state index contributed by atoms with van der Waals surface area (Å²) in [4.78, 5) is 8.80. The van der Waals surface area contributed by atoms with Gasteiger partial charge in [-0.3, -0.25) is 0 Å². The summed E-state index contributed by atoms with van der Waals surface area (Å²) in [5, 5.41) is 3.32. The normalized spacial score (nSPS) is 19.2. The van der Waals surface area contributed by atoms with E-state index in [0.29, 0.717) is 5.88 Å². The van der Waals surface area contributed by atoms with Crippen molar-refractivity contribution in [3.8, 4) is 5.88 Å². The molecular weight excluding hydrogens is 250 g/mol. The van der Waals surface area contributed by atoms with Crippen LogP contribution in [-0.2, 0) is 0 Å². The average molecular weight is 266 g/mol. The monoisotopic (exact) mass is 265 g/mol. The maximum atomic E-state index is 5.83. The fraction of sp³-hybridized carbons (Fsp3) is 0.385. The summed E-state index contributed by atoms with van der Waals surface area (Å²) in [5.41, 5.74) is 1.79. The zero-order chi connectivity index (χ0) is 11.5. The molecule has 18 heavy (non-hydrogen) atoms. The number of rotatable bonds is 2. The molecule has 2 aromatic rings. The predicted molar refractivity (Wildman–Crippen MR) is 73.3 cm³/mol. The van der Waals surface area contributed by atoms with Gasteiger partial charge in [0.05, 0.1) is 17.2 Å². The van der Waals surface area contributed by atoms with Crippen molar-refractivity contribution in [3.05, 3.63) is 30.5 Å². The SMILES string of the molecule is Cl.c1ccc2nc(O[C@H]3CCCNC3)cnc2c1. The summed E-state index contributed by atoms with van der Waals surface area (Å²) >= 11 is 0. The Bertz CT molecular complexity index is 514. The van der Waals surface area contributed by atoms with E-state index in [1.165, 1.54) is 0 Å². The lowest BCUT2D eigenvalue weighted by Gasteiger charge is -2.23.